The zero-order valence-corrected chi connectivity index (χ0v) is 25.1. The summed E-state index contributed by atoms with van der Waals surface area (Å²) in [5.41, 5.74) is 2.64. The Labute approximate surface area is 256 Å². The average Bonchev–Trinajstić information content (AvgIpc) is 3.36. The van der Waals surface area contributed by atoms with Gasteiger partial charge in [0.1, 0.15) is 29.9 Å². The van der Waals surface area contributed by atoms with Gasteiger partial charge in [-0.25, -0.2) is 14.6 Å². The Morgan fingerprint density at radius 2 is 1.86 bits per heavy atom. The molecule has 44 heavy (non-hydrogen) atoms. The van der Waals surface area contributed by atoms with Gasteiger partial charge < -0.3 is 34.9 Å². The van der Waals surface area contributed by atoms with Crippen LogP contribution in [0.25, 0.3) is 11.1 Å². The molecule has 3 amide bonds. The Kier molecular flexibility index (Phi) is 9.49. The zero-order valence-electron chi connectivity index (χ0n) is 25.1. The van der Waals surface area contributed by atoms with Gasteiger partial charge in [0.25, 0.3) is 5.91 Å². The lowest BCUT2D eigenvalue weighted by Crippen LogP contribution is -2.34. The number of benzene rings is 2. The minimum absolute atomic E-state index is 0.0562. The monoisotopic (exact) mass is 603 g/mol. The van der Waals surface area contributed by atoms with E-state index in [1.165, 1.54) is 4.90 Å². The molecule has 0 radical (unpaired) electrons. The maximum Gasteiger partial charge on any atom is 0.415 e. The van der Waals surface area contributed by atoms with Gasteiger partial charge >= 0.3 is 12.2 Å². The van der Waals surface area contributed by atoms with Crippen LogP contribution in [0.2, 0.25) is 0 Å². The molecule has 2 aliphatic rings. The summed E-state index contributed by atoms with van der Waals surface area (Å²) in [6.07, 6.45) is -0.590. The van der Waals surface area contributed by atoms with Crippen molar-refractivity contribution >= 4 is 29.7 Å². The molecule has 0 spiro atoms. The fourth-order valence-electron chi connectivity index (χ4n) is 4.72. The second kappa shape index (κ2) is 13.6. The fourth-order valence-corrected chi connectivity index (χ4v) is 4.72. The highest BCUT2D eigenvalue weighted by Gasteiger charge is 2.33. The van der Waals surface area contributed by atoms with Crippen LogP contribution < -0.4 is 30.3 Å². The Bertz CT molecular complexity index is 1510. The third-order valence-electron chi connectivity index (χ3n) is 6.72. The van der Waals surface area contributed by atoms with E-state index in [-0.39, 0.29) is 18.6 Å². The molecule has 0 unspecified atom stereocenters. The summed E-state index contributed by atoms with van der Waals surface area (Å²) >= 11 is 0. The number of carbonyl (C=O) groups excluding carboxylic acids is 3. The van der Waals surface area contributed by atoms with Gasteiger partial charge in [-0.2, -0.15) is 0 Å². The molecule has 3 aromatic rings. The number of pyridine rings is 1. The van der Waals surface area contributed by atoms with E-state index < -0.39 is 17.8 Å². The number of fused-ring (bicyclic) bond motifs is 1. The van der Waals surface area contributed by atoms with Crippen molar-refractivity contribution in [3.05, 3.63) is 66.2 Å². The number of hydrogen-bond donors (Lipinski definition) is 3. The summed E-state index contributed by atoms with van der Waals surface area (Å²) in [6.45, 7) is 7.71. The number of aromatic nitrogens is 1. The lowest BCUT2D eigenvalue weighted by molar-refractivity contribution is -0.118. The van der Waals surface area contributed by atoms with E-state index in [0.717, 1.165) is 16.7 Å². The number of cyclic esters (lactones) is 1. The summed E-state index contributed by atoms with van der Waals surface area (Å²) in [7, 11) is 0. The van der Waals surface area contributed by atoms with E-state index >= 15 is 0 Å². The molecule has 232 valence electrons. The maximum atomic E-state index is 12.5. The fraction of sp³-hybridized carbons (Fsp3) is 0.375. The van der Waals surface area contributed by atoms with Crippen LogP contribution in [0.3, 0.4) is 0 Å². The first kappa shape index (κ1) is 30.6. The molecule has 5 rings (SSSR count). The van der Waals surface area contributed by atoms with Crippen molar-refractivity contribution in [2.75, 3.05) is 43.1 Å². The van der Waals surface area contributed by atoms with Crippen molar-refractivity contribution in [1.29, 1.82) is 0 Å². The average molecular weight is 604 g/mol. The predicted molar refractivity (Wildman–Crippen MR) is 164 cm³/mol. The van der Waals surface area contributed by atoms with E-state index in [9.17, 15) is 14.4 Å². The molecule has 3 N–H and O–H groups in total. The van der Waals surface area contributed by atoms with Crippen LogP contribution in [-0.2, 0) is 20.8 Å². The summed E-state index contributed by atoms with van der Waals surface area (Å²) in [5, 5.41) is 8.78. The zero-order chi connectivity index (χ0) is 31.1. The van der Waals surface area contributed by atoms with Crippen molar-refractivity contribution in [3.8, 4) is 22.6 Å². The molecule has 0 bridgehead atoms. The summed E-state index contributed by atoms with van der Waals surface area (Å²) in [6, 6.07) is 19.4. The highest BCUT2D eigenvalue weighted by Crippen LogP contribution is 2.30. The van der Waals surface area contributed by atoms with Gasteiger partial charge in [-0.15, -0.1) is 0 Å². The number of nitrogens with one attached hydrogen (secondary N) is 3. The third-order valence-corrected chi connectivity index (χ3v) is 6.72. The number of carbonyl (C=O) groups is 3. The summed E-state index contributed by atoms with van der Waals surface area (Å²) < 4.78 is 22.0. The lowest BCUT2D eigenvalue weighted by atomic mass is 10.0. The number of hydrogen-bond acceptors (Lipinski definition) is 9. The van der Waals surface area contributed by atoms with E-state index in [1.807, 2.05) is 57.2 Å². The number of nitrogens with zero attached hydrogens (tertiary/aromatic N) is 2. The van der Waals surface area contributed by atoms with Crippen molar-refractivity contribution in [2.45, 2.75) is 45.4 Å². The van der Waals surface area contributed by atoms with Gasteiger partial charge in [-0.05, 0) is 80.8 Å². The van der Waals surface area contributed by atoms with Gasteiger partial charge in [0, 0.05) is 6.54 Å². The number of alkyl carbamates (subject to hydrolysis) is 1. The Morgan fingerprint density at radius 3 is 2.68 bits per heavy atom. The molecular weight excluding hydrogens is 566 g/mol. The maximum absolute atomic E-state index is 12.5. The standard InChI is InChI=1S/C32H37N5O7/c1-32(2,3)44-30(39)34-14-15-41-24-9-5-8-23(17-24)22-7-4-6-21(16-22)18-33-13-12-25-19-37(31(40)43-25)27-11-10-26-29(35-27)36-28(38)20-42-26/h4-11,16-17,25,33H,12-15,18-20H2,1-3H3,(H,34,39)(H,35,36,38)/t25-/m0/s1. The minimum Gasteiger partial charge on any atom is -0.492 e. The van der Waals surface area contributed by atoms with Crippen LogP contribution in [0, 0.1) is 0 Å². The SMILES string of the molecule is CC(C)(C)OC(=O)NCCOc1cccc(-c2cccc(CNCC[C@H]3CN(c4ccc5c(n4)NC(=O)CO5)C(=O)O3)c2)c1. The molecule has 2 aliphatic heterocycles. The molecule has 2 aromatic carbocycles. The second-order valence-corrected chi connectivity index (χ2v) is 11.4. The summed E-state index contributed by atoms with van der Waals surface area (Å²) in [5.74, 6) is 1.59. The topological polar surface area (TPSA) is 140 Å². The van der Waals surface area contributed by atoms with E-state index in [1.54, 1.807) is 12.1 Å². The molecule has 0 saturated carbocycles. The highest BCUT2D eigenvalue weighted by atomic mass is 16.6. The molecular formula is C32H37N5O7. The molecule has 12 nitrogen and oxygen atoms in total. The Balaban J connectivity index is 1.06. The molecule has 1 saturated heterocycles. The predicted octanol–water partition coefficient (Wildman–Crippen LogP) is 4.49. The van der Waals surface area contributed by atoms with Gasteiger partial charge in [0.05, 0.1) is 13.1 Å². The quantitative estimate of drug-likeness (QED) is 0.271. The van der Waals surface area contributed by atoms with Crippen LogP contribution in [0.4, 0.5) is 21.2 Å². The van der Waals surface area contributed by atoms with Gasteiger partial charge in [-0.1, -0.05) is 30.3 Å². The first-order chi connectivity index (χ1) is 21.1. The number of amides is 3. The van der Waals surface area contributed by atoms with Gasteiger partial charge in [0.2, 0.25) is 0 Å². The molecule has 0 aliphatic carbocycles. The first-order valence-electron chi connectivity index (χ1n) is 14.5. The second-order valence-electron chi connectivity index (χ2n) is 11.4. The number of ether oxygens (including phenoxy) is 4. The van der Waals surface area contributed by atoms with Crippen LogP contribution in [0.1, 0.15) is 32.8 Å². The number of rotatable bonds is 11. The van der Waals surface area contributed by atoms with E-state index in [2.05, 4.69) is 33.1 Å². The van der Waals surface area contributed by atoms with Crippen molar-refractivity contribution < 1.29 is 33.3 Å². The van der Waals surface area contributed by atoms with Crippen LogP contribution in [0.5, 0.6) is 11.5 Å². The molecule has 1 aromatic heterocycles. The van der Waals surface area contributed by atoms with Crippen molar-refractivity contribution in [3.63, 3.8) is 0 Å². The third kappa shape index (κ3) is 8.38. The van der Waals surface area contributed by atoms with Crippen LogP contribution in [-0.4, -0.2) is 67.6 Å². The first-order valence-corrected chi connectivity index (χ1v) is 14.5. The lowest BCUT2D eigenvalue weighted by Gasteiger charge is -2.19. The largest absolute Gasteiger partial charge is 0.492 e. The van der Waals surface area contributed by atoms with E-state index in [4.69, 9.17) is 18.9 Å². The Hall–Kier alpha value is -4.84. The summed E-state index contributed by atoms with van der Waals surface area (Å²) in [4.78, 5) is 41.7. The van der Waals surface area contributed by atoms with Crippen LogP contribution in [0.15, 0.2) is 60.7 Å². The normalized spacial score (nSPS) is 16.0. The van der Waals surface area contributed by atoms with Crippen LogP contribution >= 0.6 is 0 Å². The van der Waals surface area contributed by atoms with Gasteiger partial charge in [0.15, 0.2) is 18.2 Å². The minimum atomic E-state index is -0.545. The Morgan fingerprint density at radius 1 is 1.07 bits per heavy atom. The molecule has 1 atom stereocenters. The molecule has 12 heteroatoms. The molecule has 3 heterocycles. The number of anilines is 2. The smallest absolute Gasteiger partial charge is 0.415 e. The van der Waals surface area contributed by atoms with Crippen molar-refractivity contribution in [2.24, 2.45) is 0 Å². The van der Waals surface area contributed by atoms with Gasteiger partial charge in [-0.3, -0.25) is 9.69 Å². The highest BCUT2D eigenvalue weighted by molar-refractivity contribution is 5.95. The molecule has 1 fully saturated rings. The van der Waals surface area contributed by atoms with E-state index in [0.29, 0.717) is 62.3 Å². The van der Waals surface area contributed by atoms with Crippen molar-refractivity contribution in [1.82, 2.24) is 15.6 Å².